The minimum Gasteiger partial charge on any atom is -0.337 e. The Hall–Kier alpha value is -0.680. The van der Waals surface area contributed by atoms with Crippen molar-refractivity contribution in [2.75, 3.05) is 13.1 Å². The molecular weight excluding hydrogens is 234 g/mol. The first-order valence-electron chi connectivity index (χ1n) is 4.89. The van der Waals surface area contributed by atoms with Gasteiger partial charge < -0.3 is 4.90 Å². The lowest BCUT2D eigenvalue weighted by molar-refractivity contribution is 0.0681. The number of aromatic nitrogens is 2. The number of alkyl halides is 1. The van der Waals surface area contributed by atoms with E-state index in [1.165, 1.54) is 11.5 Å². The molecule has 6 heteroatoms. The first kappa shape index (κ1) is 10.8. The molecule has 0 saturated carbocycles. The molecule has 0 radical (unpaired) electrons. The number of likely N-dealkylation sites (tertiary alicyclic amines) is 1. The van der Waals surface area contributed by atoms with Crippen LogP contribution in [0.1, 0.15) is 23.8 Å². The van der Waals surface area contributed by atoms with Crippen LogP contribution in [0, 0.1) is 5.92 Å². The van der Waals surface area contributed by atoms with Crippen molar-refractivity contribution < 1.29 is 4.79 Å². The largest absolute Gasteiger partial charge is 0.337 e. The van der Waals surface area contributed by atoms with Gasteiger partial charge in [0.25, 0.3) is 5.91 Å². The van der Waals surface area contributed by atoms with E-state index in [1.54, 1.807) is 10.3 Å². The first-order chi connectivity index (χ1) is 7.18. The molecule has 82 valence electrons. The molecule has 1 aliphatic heterocycles. The van der Waals surface area contributed by atoms with Gasteiger partial charge in [-0.2, -0.15) is 0 Å². The summed E-state index contributed by atoms with van der Waals surface area (Å²) < 4.78 is 3.69. The second-order valence-corrected chi connectivity index (χ2v) is 4.99. The summed E-state index contributed by atoms with van der Waals surface area (Å²) in [4.78, 5) is 13.7. The summed E-state index contributed by atoms with van der Waals surface area (Å²) in [5, 5.41) is 5.64. The van der Waals surface area contributed by atoms with Crippen molar-refractivity contribution in [2.45, 2.75) is 18.7 Å². The van der Waals surface area contributed by atoms with Crippen molar-refractivity contribution in [3.8, 4) is 0 Å². The Morgan fingerprint density at radius 1 is 1.73 bits per heavy atom. The van der Waals surface area contributed by atoms with Crippen LogP contribution < -0.4 is 0 Å². The van der Waals surface area contributed by atoms with E-state index in [1.807, 2.05) is 0 Å². The average molecular weight is 246 g/mol. The number of nitrogens with zero attached hydrogens (tertiary/aromatic N) is 3. The molecule has 0 aromatic carbocycles. The van der Waals surface area contributed by atoms with Crippen LogP contribution in [0.15, 0.2) is 5.38 Å². The van der Waals surface area contributed by atoms with Crippen molar-refractivity contribution in [2.24, 2.45) is 5.92 Å². The van der Waals surface area contributed by atoms with Crippen LogP contribution in [-0.4, -0.2) is 38.9 Å². The Balaban J connectivity index is 2.03. The fraction of sp³-hybridized carbons (Fsp3) is 0.667. The smallest absolute Gasteiger partial charge is 0.275 e. The number of hydrogen-bond acceptors (Lipinski definition) is 4. The van der Waals surface area contributed by atoms with Crippen molar-refractivity contribution in [3.63, 3.8) is 0 Å². The van der Waals surface area contributed by atoms with Crippen molar-refractivity contribution in [3.05, 3.63) is 11.1 Å². The van der Waals surface area contributed by atoms with E-state index in [2.05, 4.69) is 16.5 Å². The molecule has 2 heterocycles. The van der Waals surface area contributed by atoms with E-state index in [0.29, 0.717) is 18.2 Å². The summed E-state index contributed by atoms with van der Waals surface area (Å²) in [6.07, 6.45) is 0.853. The molecule has 15 heavy (non-hydrogen) atoms. The maximum Gasteiger partial charge on any atom is 0.275 e. The predicted molar refractivity (Wildman–Crippen MR) is 59.2 cm³/mol. The van der Waals surface area contributed by atoms with E-state index >= 15 is 0 Å². The molecule has 1 fully saturated rings. The minimum absolute atomic E-state index is 0.0285. The van der Waals surface area contributed by atoms with Crippen LogP contribution in [0.25, 0.3) is 0 Å². The van der Waals surface area contributed by atoms with Gasteiger partial charge in [0.15, 0.2) is 5.69 Å². The highest BCUT2D eigenvalue weighted by atomic mass is 35.5. The van der Waals surface area contributed by atoms with Gasteiger partial charge in [0, 0.05) is 23.8 Å². The number of carbonyl (C=O) groups excluding carboxylic acids is 1. The molecule has 1 aliphatic rings. The monoisotopic (exact) mass is 245 g/mol. The van der Waals surface area contributed by atoms with Crippen LogP contribution in [0.2, 0.25) is 0 Å². The number of hydrogen-bond donors (Lipinski definition) is 0. The number of halogens is 1. The average Bonchev–Trinajstić information content (AvgIpc) is 2.74. The molecule has 0 bridgehead atoms. The van der Waals surface area contributed by atoms with Gasteiger partial charge >= 0.3 is 0 Å². The third-order valence-electron chi connectivity index (χ3n) is 2.67. The van der Waals surface area contributed by atoms with Gasteiger partial charge in [0.05, 0.1) is 0 Å². The topological polar surface area (TPSA) is 46.1 Å². The molecule has 2 unspecified atom stereocenters. The van der Waals surface area contributed by atoms with Gasteiger partial charge in [-0.25, -0.2) is 0 Å². The Kier molecular flexibility index (Phi) is 3.21. The quantitative estimate of drug-likeness (QED) is 0.707. The molecule has 4 nitrogen and oxygen atoms in total. The van der Waals surface area contributed by atoms with Gasteiger partial charge in [-0.1, -0.05) is 11.4 Å². The molecule has 1 saturated heterocycles. The van der Waals surface area contributed by atoms with Gasteiger partial charge in [0.1, 0.15) is 0 Å². The van der Waals surface area contributed by atoms with Crippen LogP contribution >= 0.6 is 23.1 Å². The zero-order valence-corrected chi connectivity index (χ0v) is 9.96. The molecule has 1 aromatic heterocycles. The van der Waals surface area contributed by atoms with E-state index in [9.17, 15) is 4.79 Å². The van der Waals surface area contributed by atoms with Crippen LogP contribution in [-0.2, 0) is 0 Å². The first-order valence-corrected chi connectivity index (χ1v) is 6.16. The molecular formula is C9H12ClN3OS. The summed E-state index contributed by atoms with van der Waals surface area (Å²) in [5.41, 5.74) is 0.445. The molecule has 1 amide bonds. The Bertz CT molecular complexity index is 343. The van der Waals surface area contributed by atoms with Gasteiger partial charge in [-0.15, -0.1) is 16.7 Å². The number of piperidine rings is 1. The van der Waals surface area contributed by atoms with Crippen molar-refractivity contribution in [1.29, 1.82) is 0 Å². The lowest BCUT2D eigenvalue weighted by Gasteiger charge is -2.33. The van der Waals surface area contributed by atoms with Gasteiger partial charge in [0.2, 0.25) is 0 Å². The summed E-state index contributed by atoms with van der Waals surface area (Å²) in [6.45, 7) is 3.50. The molecule has 0 aliphatic carbocycles. The van der Waals surface area contributed by atoms with Crippen LogP contribution in [0.5, 0.6) is 0 Å². The second kappa shape index (κ2) is 4.45. The Labute approximate surface area is 97.4 Å². The number of rotatable bonds is 1. The highest BCUT2D eigenvalue weighted by Crippen LogP contribution is 2.22. The fourth-order valence-corrected chi connectivity index (χ4v) is 2.33. The summed E-state index contributed by atoms with van der Waals surface area (Å²) in [6, 6.07) is 0. The Morgan fingerprint density at radius 2 is 2.53 bits per heavy atom. The highest BCUT2D eigenvalue weighted by molar-refractivity contribution is 7.03. The van der Waals surface area contributed by atoms with E-state index in [4.69, 9.17) is 11.6 Å². The van der Waals surface area contributed by atoms with Crippen molar-refractivity contribution >= 4 is 29.0 Å². The van der Waals surface area contributed by atoms with E-state index in [0.717, 1.165) is 13.0 Å². The second-order valence-electron chi connectivity index (χ2n) is 3.82. The summed E-state index contributed by atoms with van der Waals surface area (Å²) in [7, 11) is 0. The Morgan fingerprint density at radius 3 is 3.13 bits per heavy atom. The summed E-state index contributed by atoms with van der Waals surface area (Å²) >= 11 is 7.30. The van der Waals surface area contributed by atoms with Crippen LogP contribution in [0.3, 0.4) is 0 Å². The highest BCUT2D eigenvalue weighted by Gasteiger charge is 2.28. The van der Waals surface area contributed by atoms with Gasteiger partial charge in [-0.3, -0.25) is 4.79 Å². The predicted octanol–water partition coefficient (Wildman–Crippen LogP) is 1.63. The zero-order chi connectivity index (χ0) is 10.8. The zero-order valence-electron chi connectivity index (χ0n) is 8.39. The standard InChI is InChI=1S/C9H12ClN3OS/c1-6-4-13(3-2-7(6)10)9(14)8-5-15-12-11-8/h5-7H,2-4H2,1H3. The third kappa shape index (κ3) is 2.29. The van der Waals surface area contributed by atoms with Crippen molar-refractivity contribution in [1.82, 2.24) is 14.5 Å². The molecule has 0 spiro atoms. The SMILES string of the molecule is CC1CN(C(=O)c2csnn2)CCC1Cl. The lowest BCUT2D eigenvalue weighted by Crippen LogP contribution is -2.43. The molecule has 2 rings (SSSR count). The van der Waals surface area contributed by atoms with Gasteiger partial charge in [-0.05, 0) is 23.9 Å². The fourth-order valence-electron chi connectivity index (χ4n) is 1.72. The number of carbonyl (C=O) groups is 1. The molecule has 0 N–H and O–H groups in total. The normalized spacial score (nSPS) is 26.7. The third-order valence-corrected chi connectivity index (χ3v) is 3.82. The van der Waals surface area contributed by atoms with Crippen LogP contribution in [0.4, 0.5) is 0 Å². The molecule has 2 atom stereocenters. The van der Waals surface area contributed by atoms with E-state index in [-0.39, 0.29) is 11.3 Å². The minimum atomic E-state index is -0.0285. The summed E-state index contributed by atoms with van der Waals surface area (Å²) in [5.74, 6) is 0.315. The lowest BCUT2D eigenvalue weighted by atomic mass is 9.99. The maximum absolute atomic E-state index is 11.9. The maximum atomic E-state index is 11.9. The van der Waals surface area contributed by atoms with E-state index < -0.39 is 0 Å². The molecule has 1 aromatic rings. The number of amides is 1.